The summed E-state index contributed by atoms with van der Waals surface area (Å²) in [5.74, 6) is 3.02. The lowest BCUT2D eigenvalue weighted by Gasteiger charge is -2.16. The first-order valence-electron chi connectivity index (χ1n) is 7.15. The minimum Gasteiger partial charge on any atom is -0.493 e. The van der Waals surface area contributed by atoms with Crippen molar-refractivity contribution >= 4 is 29.0 Å². The number of pyridine rings is 1. The van der Waals surface area contributed by atoms with Crippen LogP contribution in [-0.2, 0) is 6.42 Å². The number of carbonyl (C=O) groups is 1. The Balaban J connectivity index is 2.44. The molecule has 0 aliphatic heterocycles. The summed E-state index contributed by atoms with van der Waals surface area (Å²) in [6, 6.07) is 3.20. The first-order chi connectivity index (χ1) is 12.0. The lowest BCUT2D eigenvalue weighted by Crippen LogP contribution is -2.09. The summed E-state index contributed by atoms with van der Waals surface area (Å²) in [5, 5.41) is 0.634. The third kappa shape index (κ3) is 4.16. The molecular formula is C18H15Cl2NO4. The summed E-state index contributed by atoms with van der Waals surface area (Å²) in [5.41, 5.74) is 0.798. The molecule has 0 amide bonds. The number of terminal acetylenes is 1. The third-order valence-corrected chi connectivity index (χ3v) is 4.04. The average Bonchev–Trinajstić information content (AvgIpc) is 2.61. The van der Waals surface area contributed by atoms with Crippen molar-refractivity contribution < 1.29 is 19.0 Å². The smallest absolute Gasteiger partial charge is 0.205 e. The van der Waals surface area contributed by atoms with Gasteiger partial charge in [0.2, 0.25) is 5.75 Å². The van der Waals surface area contributed by atoms with Crippen LogP contribution in [0.5, 0.6) is 17.2 Å². The van der Waals surface area contributed by atoms with Crippen LogP contribution >= 0.6 is 23.2 Å². The highest BCUT2D eigenvalue weighted by Crippen LogP contribution is 2.40. The molecule has 0 spiro atoms. The molecule has 5 nitrogen and oxygen atoms in total. The second-order valence-electron chi connectivity index (χ2n) is 4.85. The van der Waals surface area contributed by atoms with Crippen LogP contribution in [0.25, 0.3) is 0 Å². The number of carbonyl (C=O) groups excluding carboxylic acids is 1. The first-order valence-corrected chi connectivity index (χ1v) is 7.91. The second kappa shape index (κ2) is 8.61. The van der Waals surface area contributed by atoms with E-state index in [-0.39, 0.29) is 30.3 Å². The van der Waals surface area contributed by atoms with Crippen LogP contribution in [0, 0.1) is 12.3 Å². The van der Waals surface area contributed by atoms with Crippen molar-refractivity contribution in [3.63, 3.8) is 0 Å². The van der Waals surface area contributed by atoms with E-state index in [9.17, 15) is 4.79 Å². The molecule has 25 heavy (non-hydrogen) atoms. The number of Topliss-reactive ketones (excluding diaryl/α,β-unsaturated/α-hetero) is 1. The Morgan fingerprint density at radius 1 is 1.16 bits per heavy atom. The van der Waals surface area contributed by atoms with Crippen LogP contribution in [-0.4, -0.2) is 31.6 Å². The Bertz CT molecular complexity index is 810. The van der Waals surface area contributed by atoms with E-state index in [2.05, 4.69) is 10.9 Å². The van der Waals surface area contributed by atoms with Gasteiger partial charge in [-0.05, 0) is 12.1 Å². The maximum absolute atomic E-state index is 12.8. The molecule has 0 aliphatic rings. The van der Waals surface area contributed by atoms with Crippen LogP contribution in [0.4, 0.5) is 0 Å². The van der Waals surface area contributed by atoms with Crippen molar-refractivity contribution in [1.29, 1.82) is 0 Å². The van der Waals surface area contributed by atoms with Crippen LogP contribution in [0.1, 0.15) is 15.9 Å². The van der Waals surface area contributed by atoms with Gasteiger partial charge in [0.15, 0.2) is 17.3 Å². The molecule has 0 N–H and O–H groups in total. The first kappa shape index (κ1) is 18.9. The fourth-order valence-electron chi connectivity index (χ4n) is 2.24. The maximum atomic E-state index is 12.8. The highest BCUT2D eigenvalue weighted by Gasteiger charge is 2.22. The van der Waals surface area contributed by atoms with Gasteiger partial charge in [-0.25, -0.2) is 0 Å². The van der Waals surface area contributed by atoms with Gasteiger partial charge in [-0.2, -0.15) is 0 Å². The van der Waals surface area contributed by atoms with Crippen molar-refractivity contribution in [1.82, 2.24) is 4.98 Å². The molecule has 2 rings (SSSR count). The van der Waals surface area contributed by atoms with E-state index in [1.165, 1.54) is 26.6 Å². The number of rotatable bonds is 7. The van der Waals surface area contributed by atoms with Gasteiger partial charge in [-0.15, -0.1) is 6.42 Å². The van der Waals surface area contributed by atoms with Crippen molar-refractivity contribution in [2.75, 3.05) is 20.8 Å². The molecular weight excluding hydrogens is 365 g/mol. The molecule has 2 aromatic rings. The quantitative estimate of drug-likeness (QED) is 0.540. The fourth-order valence-corrected chi connectivity index (χ4v) is 2.74. The SMILES string of the molecule is C#CCOc1c(OC)ccc(C(=O)Cc2c(Cl)cncc2Cl)c1OC. The zero-order valence-corrected chi connectivity index (χ0v) is 15.1. The van der Waals surface area contributed by atoms with Gasteiger partial charge in [-0.3, -0.25) is 9.78 Å². The van der Waals surface area contributed by atoms with E-state index in [1.54, 1.807) is 12.1 Å². The number of benzene rings is 1. The largest absolute Gasteiger partial charge is 0.493 e. The third-order valence-electron chi connectivity index (χ3n) is 3.39. The van der Waals surface area contributed by atoms with Crippen LogP contribution < -0.4 is 14.2 Å². The zero-order chi connectivity index (χ0) is 18.4. The number of nitrogens with zero attached hydrogens (tertiary/aromatic N) is 1. The molecule has 0 bridgehead atoms. The lowest BCUT2D eigenvalue weighted by molar-refractivity contribution is 0.0989. The summed E-state index contributed by atoms with van der Waals surface area (Å²) in [4.78, 5) is 16.6. The highest BCUT2D eigenvalue weighted by molar-refractivity contribution is 6.36. The maximum Gasteiger partial charge on any atom is 0.205 e. The molecule has 0 aliphatic carbocycles. The second-order valence-corrected chi connectivity index (χ2v) is 5.67. The zero-order valence-electron chi connectivity index (χ0n) is 13.6. The van der Waals surface area contributed by atoms with Crippen molar-refractivity contribution in [3.8, 4) is 29.6 Å². The number of hydrogen-bond acceptors (Lipinski definition) is 5. The van der Waals surface area contributed by atoms with Crippen LogP contribution in [0.2, 0.25) is 10.0 Å². The van der Waals surface area contributed by atoms with Gasteiger partial charge in [0.05, 0.1) is 29.8 Å². The fraction of sp³-hybridized carbons (Fsp3) is 0.222. The van der Waals surface area contributed by atoms with Gasteiger partial charge in [-0.1, -0.05) is 29.1 Å². The average molecular weight is 380 g/mol. The van der Waals surface area contributed by atoms with E-state index in [1.807, 2.05) is 0 Å². The summed E-state index contributed by atoms with van der Waals surface area (Å²) in [6.07, 6.45) is 8.08. The summed E-state index contributed by atoms with van der Waals surface area (Å²) >= 11 is 12.2. The molecule has 7 heteroatoms. The van der Waals surface area contributed by atoms with Crippen LogP contribution in [0.15, 0.2) is 24.5 Å². The molecule has 0 fully saturated rings. The van der Waals surface area contributed by atoms with Crippen molar-refractivity contribution in [2.24, 2.45) is 0 Å². The number of aromatic nitrogens is 1. The van der Waals surface area contributed by atoms with Gasteiger partial charge in [0.25, 0.3) is 0 Å². The van der Waals surface area contributed by atoms with E-state index >= 15 is 0 Å². The molecule has 1 aromatic carbocycles. The minimum atomic E-state index is -0.250. The van der Waals surface area contributed by atoms with Crippen molar-refractivity contribution in [3.05, 3.63) is 45.7 Å². The topological polar surface area (TPSA) is 57.7 Å². The normalized spacial score (nSPS) is 10.0. The van der Waals surface area contributed by atoms with Gasteiger partial charge >= 0.3 is 0 Å². The van der Waals surface area contributed by atoms with Gasteiger partial charge in [0, 0.05) is 24.4 Å². The molecule has 0 radical (unpaired) electrons. The summed E-state index contributed by atoms with van der Waals surface area (Å²) in [7, 11) is 2.91. The standard InChI is InChI=1S/C18H15Cl2NO4/c1-4-7-25-18-16(23-2)6-5-11(17(18)24-3)15(22)8-12-13(19)9-21-10-14(12)20/h1,5-6,9-10H,7-8H2,2-3H3. The predicted molar refractivity (Wildman–Crippen MR) is 96.2 cm³/mol. The molecule has 130 valence electrons. The number of hydrogen-bond donors (Lipinski definition) is 0. The Kier molecular flexibility index (Phi) is 6.51. The highest BCUT2D eigenvalue weighted by atomic mass is 35.5. The van der Waals surface area contributed by atoms with E-state index in [4.69, 9.17) is 43.8 Å². The molecule has 0 unspecified atom stereocenters. The van der Waals surface area contributed by atoms with Crippen LogP contribution in [0.3, 0.4) is 0 Å². The minimum absolute atomic E-state index is 0.00632. The molecule has 1 aromatic heterocycles. The number of ether oxygens (including phenoxy) is 3. The van der Waals surface area contributed by atoms with Crippen molar-refractivity contribution in [2.45, 2.75) is 6.42 Å². The number of methoxy groups -OCH3 is 2. The van der Waals surface area contributed by atoms with E-state index in [0.717, 1.165) is 0 Å². The number of halogens is 2. The molecule has 0 atom stereocenters. The summed E-state index contributed by atoms with van der Waals surface area (Å²) in [6.45, 7) is 0.00632. The van der Waals surface area contributed by atoms with E-state index < -0.39 is 0 Å². The predicted octanol–water partition coefficient (Wildman–Crippen LogP) is 3.84. The molecule has 0 saturated carbocycles. The van der Waals surface area contributed by atoms with E-state index in [0.29, 0.717) is 26.9 Å². The Morgan fingerprint density at radius 3 is 2.40 bits per heavy atom. The summed E-state index contributed by atoms with van der Waals surface area (Å²) < 4.78 is 16.1. The van der Waals surface area contributed by atoms with Gasteiger partial charge < -0.3 is 14.2 Å². The van der Waals surface area contributed by atoms with Gasteiger partial charge in [0.1, 0.15) is 6.61 Å². The lowest BCUT2D eigenvalue weighted by atomic mass is 10.0. The molecule has 0 saturated heterocycles. The Hall–Kier alpha value is -2.42. The number of ketones is 1. The Morgan fingerprint density at radius 2 is 1.84 bits per heavy atom. The monoisotopic (exact) mass is 379 g/mol. The Labute approximate surface area is 155 Å². The molecule has 1 heterocycles.